The monoisotopic (exact) mass is 369 g/mol. The summed E-state index contributed by atoms with van der Waals surface area (Å²) in [5, 5.41) is 7.20. The van der Waals surface area contributed by atoms with Gasteiger partial charge in [-0.2, -0.15) is 5.10 Å². The molecule has 0 bridgehead atoms. The maximum atomic E-state index is 11.6. The van der Waals surface area contributed by atoms with Crippen molar-refractivity contribution in [3.63, 3.8) is 0 Å². The molecule has 0 atom stereocenters. The van der Waals surface area contributed by atoms with Crippen LogP contribution in [-0.4, -0.2) is 46.3 Å². The zero-order valence-corrected chi connectivity index (χ0v) is 15.2. The Bertz CT molecular complexity index is 1030. The number of rotatable bonds is 4. The lowest BCUT2D eigenvalue weighted by Crippen LogP contribution is -2.31. The Kier molecular flexibility index (Phi) is 4.29. The van der Waals surface area contributed by atoms with Gasteiger partial charge in [0, 0.05) is 49.6 Å². The number of hydrogen-bond donors (Lipinski definition) is 1. The highest BCUT2D eigenvalue weighted by Crippen LogP contribution is 2.24. The molecule has 4 rings (SSSR count). The van der Waals surface area contributed by atoms with E-state index < -0.39 is 9.84 Å². The summed E-state index contributed by atoms with van der Waals surface area (Å²) in [6.45, 7) is 2.26. The van der Waals surface area contributed by atoms with Crippen molar-refractivity contribution in [2.45, 2.75) is 24.7 Å². The molecule has 134 valence electrons. The first-order valence-electron chi connectivity index (χ1n) is 8.35. The quantitative estimate of drug-likeness (QED) is 0.706. The fraction of sp³-hybridized carbons (Fsp3) is 0.278. The lowest BCUT2D eigenvalue weighted by molar-refractivity contribution is 0.242. The molecule has 1 aromatic carbocycles. The average molecular weight is 369 g/mol. The minimum Gasteiger partial charge on any atom is -0.294 e. The largest absolute Gasteiger partial charge is 0.294 e. The zero-order valence-electron chi connectivity index (χ0n) is 14.4. The molecule has 0 aliphatic carbocycles. The van der Waals surface area contributed by atoms with Crippen LogP contribution in [0, 0.1) is 0 Å². The normalized spacial score (nSPS) is 15.0. The van der Waals surface area contributed by atoms with Gasteiger partial charge in [0.25, 0.3) is 0 Å². The van der Waals surface area contributed by atoms with Crippen molar-refractivity contribution < 1.29 is 8.42 Å². The lowest BCUT2D eigenvalue weighted by atomic mass is 10.0. The van der Waals surface area contributed by atoms with Gasteiger partial charge in [0.15, 0.2) is 0 Å². The van der Waals surface area contributed by atoms with Gasteiger partial charge in [-0.25, -0.2) is 18.4 Å². The SMILES string of the molecule is CS(=O)(=O)c1ncc2c(n1)CCN(Cc1cn[nH]c1-c1ccccc1)C2. The summed E-state index contributed by atoms with van der Waals surface area (Å²) in [6.07, 6.45) is 5.34. The summed E-state index contributed by atoms with van der Waals surface area (Å²) >= 11 is 0. The lowest BCUT2D eigenvalue weighted by Gasteiger charge is -2.27. The Hall–Kier alpha value is -2.58. The Morgan fingerprint density at radius 3 is 2.77 bits per heavy atom. The third-order valence-electron chi connectivity index (χ3n) is 4.50. The number of nitrogens with zero attached hydrogens (tertiary/aromatic N) is 4. The van der Waals surface area contributed by atoms with E-state index in [2.05, 4.69) is 37.2 Å². The molecule has 2 aromatic heterocycles. The summed E-state index contributed by atoms with van der Waals surface area (Å²) in [4.78, 5) is 10.5. The number of benzene rings is 1. The second-order valence-corrected chi connectivity index (χ2v) is 8.40. The number of hydrogen-bond acceptors (Lipinski definition) is 6. The number of sulfone groups is 1. The standard InChI is InChI=1S/C18H19N5O2S/c1-26(24,25)18-19-9-14-11-23(8-7-16(14)21-18)12-15-10-20-22-17(15)13-5-3-2-4-6-13/h2-6,9-10H,7-8,11-12H2,1H3,(H,20,22). The molecule has 0 fully saturated rings. The van der Waals surface area contributed by atoms with Crippen LogP contribution in [0.25, 0.3) is 11.3 Å². The molecular weight excluding hydrogens is 350 g/mol. The molecule has 3 aromatic rings. The van der Waals surface area contributed by atoms with Crippen molar-refractivity contribution in [2.24, 2.45) is 0 Å². The van der Waals surface area contributed by atoms with E-state index in [-0.39, 0.29) is 5.16 Å². The molecule has 7 nitrogen and oxygen atoms in total. The molecule has 0 saturated carbocycles. The van der Waals surface area contributed by atoms with Crippen LogP contribution >= 0.6 is 0 Å². The fourth-order valence-corrected chi connectivity index (χ4v) is 3.72. The minimum absolute atomic E-state index is 0.0918. The van der Waals surface area contributed by atoms with Gasteiger partial charge in [-0.1, -0.05) is 30.3 Å². The van der Waals surface area contributed by atoms with Gasteiger partial charge >= 0.3 is 0 Å². The number of fused-ring (bicyclic) bond motifs is 1. The fourth-order valence-electron chi connectivity index (χ4n) is 3.20. The van der Waals surface area contributed by atoms with Crippen molar-refractivity contribution in [2.75, 3.05) is 12.8 Å². The molecule has 0 spiro atoms. The maximum absolute atomic E-state index is 11.6. The summed E-state index contributed by atoms with van der Waals surface area (Å²) < 4.78 is 23.2. The van der Waals surface area contributed by atoms with Crippen molar-refractivity contribution in [1.82, 2.24) is 25.1 Å². The van der Waals surface area contributed by atoms with E-state index in [1.54, 1.807) is 6.20 Å². The Labute approximate surface area is 152 Å². The van der Waals surface area contributed by atoms with E-state index in [9.17, 15) is 8.42 Å². The molecule has 1 N–H and O–H groups in total. The first kappa shape index (κ1) is 16.9. The second kappa shape index (κ2) is 6.62. The second-order valence-electron chi connectivity index (χ2n) is 6.49. The first-order valence-corrected chi connectivity index (χ1v) is 10.2. The molecule has 1 aliphatic rings. The van der Waals surface area contributed by atoms with Gasteiger partial charge in [-0.3, -0.25) is 10.00 Å². The summed E-state index contributed by atoms with van der Waals surface area (Å²) in [7, 11) is -3.38. The first-order chi connectivity index (χ1) is 12.5. The van der Waals surface area contributed by atoms with E-state index in [0.29, 0.717) is 13.0 Å². The van der Waals surface area contributed by atoms with Crippen LogP contribution in [0.3, 0.4) is 0 Å². The predicted molar refractivity (Wildman–Crippen MR) is 97.0 cm³/mol. The molecule has 3 heterocycles. The van der Waals surface area contributed by atoms with Gasteiger partial charge in [-0.05, 0) is 5.56 Å². The summed E-state index contributed by atoms with van der Waals surface area (Å²) in [5.74, 6) is 0. The molecule has 26 heavy (non-hydrogen) atoms. The topological polar surface area (TPSA) is 91.8 Å². The number of aromatic amines is 1. The Morgan fingerprint density at radius 2 is 2.00 bits per heavy atom. The number of aromatic nitrogens is 4. The molecule has 0 radical (unpaired) electrons. The minimum atomic E-state index is -3.38. The van der Waals surface area contributed by atoms with Crippen LogP contribution in [0.15, 0.2) is 47.9 Å². The predicted octanol–water partition coefficient (Wildman–Crippen LogP) is 1.83. The van der Waals surface area contributed by atoms with Crippen LogP contribution in [-0.2, 0) is 29.3 Å². The van der Waals surface area contributed by atoms with Gasteiger partial charge in [0.2, 0.25) is 15.0 Å². The molecule has 0 unspecified atom stereocenters. The van der Waals surface area contributed by atoms with E-state index in [1.807, 2.05) is 24.4 Å². The van der Waals surface area contributed by atoms with Crippen LogP contribution in [0.5, 0.6) is 0 Å². The van der Waals surface area contributed by atoms with E-state index >= 15 is 0 Å². The van der Waals surface area contributed by atoms with E-state index in [1.165, 1.54) is 0 Å². The highest BCUT2D eigenvalue weighted by atomic mass is 32.2. The number of H-pyrrole nitrogens is 1. The van der Waals surface area contributed by atoms with Gasteiger partial charge < -0.3 is 0 Å². The molecule has 0 amide bonds. The molecule has 1 aliphatic heterocycles. The third kappa shape index (κ3) is 3.38. The van der Waals surface area contributed by atoms with Gasteiger partial charge in [0.1, 0.15) is 0 Å². The Morgan fingerprint density at radius 1 is 1.19 bits per heavy atom. The smallest absolute Gasteiger partial charge is 0.246 e. The van der Waals surface area contributed by atoms with E-state index in [4.69, 9.17) is 0 Å². The highest BCUT2D eigenvalue weighted by molar-refractivity contribution is 7.90. The maximum Gasteiger partial charge on any atom is 0.246 e. The van der Waals surface area contributed by atoms with Crippen LogP contribution < -0.4 is 0 Å². The van der Waals surface area contributed by atoms with Crippen LogP contribution in [0.4, 0.5) is 0 Å². The van der Waals surface area contributed by atoms with Crippen molar-refractivity contribution in [3.8, 4) is 11.3 Å². The molecular formula is C18H19N5O2S. The van der Waals surface area contributed by atoms with E-state index in [0.717, 1.165) is 47.4 Å². The number of nitrogens with one attached hydrogen (secondary N) is 1. The third-order valence-corrected chi connectivity index (χ3v) is 5.36. The highest BCUT2D eigenvalue weighted by Gasteiger charge is 2.22. The summed E-state index contributed by atoms with van der Waals surface area (Å²) in [6, 6.07) is 10.1. The summed E-state index contributed by atoms with van der Waals surface area (Å²) in [5.41, 5.74) is 5.08. The van der Waals surface area contributed by atoms with Crippen molar-refractivity contribution in [3.05, 3.63) is 59.5 Å². The van der Waals surface area contributed by atoms with Crippen LogP contribution in [0.2, 0.25) is 0 Å². The van der Waals surface area contributed by atoms with Gasteiger partial charge in [0.05, 0.1) is 17.6 Å². The van der Waals surface area contributed by atoms with Crippen molar-refractivity contribution >= 4 is 9.84 Å². The molecule has 8 heteroatoms. The Balaban J connectivity index is 1.54. The molecule has 0 saturated heterocycles. The van der Waals surface area contributed by atoms with Crippen LogP contribution in [0.1, 0.15) is 16.8 Å². The van der Waals surface area contributed by atoms with Crippen molar-refractivity contribution in [1.29, 1.82) is 0 Å². The van der Waals surface area contributed by atoms with Gasteiger partial charge in [-0.15, -0.1) is 0 Å². The zero-order chi connectivity index (χ0) is 18.1. The average Bonchev–Trinajstić information content (AvgIpc) is 3.09.